The first kappa shape index (κ1) is 33.3. The van der Waals surface area contributed by atoms with Crippen LogP contribution < -0.4 is 0 Å². The number of fused-ring (bicyclic) bond motifs is 10. The predicted molar refractivity (Wildman–Crippen MR) is 244 cm³/mol. The van der Waals surface area contributed by atoms with Gasteiger partial charge in [-0.3, -0.25) is 9.13 Å². The summed E-state index contributed by atoms with van der Waals surface area (Å²) < 4.78 is 11.4. The third-order valence-electron chi connectivity index (χ3n) is 11.8. The number of nitrogens with zero attached hydrogens (tertiary/aromatic N) is 5. The summed E-state index contributed by atoms with van der Waals surface area (Å²) in [6.07, 6.45) is 0. The van der Waals surface area contributed by atoms with E-state index < -0.39 is 0 Å². The van der Waals surface area contributed by atoms with E-state index in [0.717, 1.165) is 66.6 Å². The first-order valence-electron chi connectivity index (χ1n) is 20.0. The third-order valence-corrected chi connectivity index (χ3v) is 12.9. The maximum atomic E-state index is 6.56. The van der Waals surface area contributed by atoms with Crippen LogP contribution in [-0.2, 0) is 0 Å². The molecule has 4 aromatic heterocycles. The molecule has 0 N–H and O–H groups in total. The van der Waals surface area contributed by atoms with Crippen LogP contribution in [0.15, 0.2) is 202 Å². The highest BCUT2D eigenvalue weighted by Gasteiger charge is 2.29. The molecule has 280 valence electrons. The molecule has 5 heterocycles. The van der Waals surface area contributed by atoms with Crippen LogP contribution in [0, 0.1) is 0 Å². The second-order valence-electron chi connectivity index (χ2n) is 15.2. The molecule has 60 heavy (non-hydrogen) atoms. The number of para-hydroxylation sites is 6. The van der Waals surface area contributed by atoms with E-state index in [4.69, 9.17) is 19.4 Å². The SMILES string of the molecule is c1ccc(-c2ccc(-c3nc(-c4ccccc4-n4c5ccccc5c5c6cccc7c6n(c54)-c4ccccc4S7)nc(-c4cccc5c4oc4ccccc45)n3)cc2)cc1. The van der Waals surface area contributed by atoms with Crippen molar-refractivity contribution in [3.8, 4) is 56.7 Å². The Balaban J connectivity index is 1.09. The van der Waals surface area contributed by atoms with Gasteiger partial charge in [-0.25, -0.2) is 15.0 Å². The Kier molecular flexibility index (Phi) is 7.14. The minimum Gasteiger partial charge on any atom is -0.455 e. The van der Waals surface area contributed by atoms with Crippen molar-refractivity contribution < 1.29 is 4.42 Å². The predicted octanol–water partition coefficient (Wildman–Crippen LogP) is 13.9. The summed E-state index contributed by atoms with van der Waals surface area (Å²) in [4.78, 5) is 18.4. The summed E-state index contributed by atoms with van der Waals surface area (Å²) in [7, 11) is 0. The van der Waals surface area contributed by atoms with Gasteiger partial charge in [0, 0.05) is 47.8 Å². The minimum absolute atomic E-state index is 0.545. The summed E-state index contributed by atoms with van der Waals surface area (Å²) >= 11 is 1.84. The zero-order valence-electron chi connectivity index (χ0n) is 32.0. The zero-order chi connectivity index (χ0) is 39.3. The van der Waals surface area contributed by atoms with Crippen molar-refractivity contribution in [2.24, 2.45) is 0 Å². The van der Waals surface area contributed by atoms with Crippen LogP contribution in [0.3, 0.4) is 0 Å². The van der Waals surface area contributed by atoms with Gasteiger partial charge in [0.05, 0.1) is 28.0 Å². The quantitative estimate of drug-likeness (QED) is 0.174. The molecule has 6 nitrogen and oxygen atoms in total. The van der Waals surface area contributed by atoms with Crippen molar-refractivity contribution in [2.75, 3.05) is 0 Å². The molecule has 7 heteroatoms. The van der Waals surface area contributed by atoms with Crippen molar-refractivity contribution in [3.05, 3.63) is 188 Å². The van der Waals surface area contributed by atoms with Crippen LogP contribution in [0.1, 0.15) is 0 Å². The summed E-state index contributed by atoms with van der Waals surface area (Å²) in [6, 6.07) is 65.9. The van der Waals surface area contributed by atoms with Gasteiger partial charge in [0.1, 0.15) is 16.8 Å². The van der Waals surface area contributed by atoms with Gasteiger partial charge in [0.25, 0.3) is 0 Å². The van der Waals surface area contributed by atoms with Gasteiger partial charge in [-0.15, -0.1) is 0 Å². The molecule has 0 amide bonds. The minimum atomic E-state index is 0.545. The Morgan fingerprint density at radius 1 is 0.400 bits per heavy atom. The van der Waals surface area contributed by atoms with E-state index in [0.29, 0.717) is 17.5 Å². The molecule has 1 aliphatic rings. The number of furan rings is 1. The number of hydrogen-bond donors (Lipinski definition) is 0. The summed E-state index contributed by atoms with van der Waals surface area (Å²) in [5.74, 6) is 1.70. The number of aromatic nitrogens is 5. The average Bonchev–Trinajstić information content (AvgIpc) is 3.98. The Morgan fingerprint density at radius 2 is 1.00 bits per heavy atom. The van der Waals surface area contributed by atoms with Gasteiger partial charge < -0.3 is 4.42 Å². The normalized spacial score (nSPS) is 12.3. The van der Waals surface area contributed by atoms with Crippen molar-refractivity contribution >= 4 is 66.5 Å². The first-order chi connectivity index (χ1) is 29.8. The van der Waals surface area contributed by atoms with Crippen LogP contribution in [0.4, 0.5) is 0 Å². The van der Waals surface area contributed by atoms with E-state index in [1.54, 1.807) is 0 Å². The summed E-state index contributed by atoms with van der Waals surface area (Å²) in [5.41, 5.74) is 12.0. The van der Waals surface area contributed by atoms with Crippen LogP contribution in [0.2, 0.25) is 0 Å². The molecule has 1 aliphatic heterocycles. The van der Waals surface area contributed by atoms with Crippen LogP contribution >= 0.6 is 11.8 Å². The molecule has 0 radical (unpaired) electrons. The fourth-order valence-corrected chi connectivity index (χ4v) is 10.2. The third kappa shape index (κ3) is 4.87. The number of hydrogen-bond acceptors (Lipinski definition) is 5. The Morgan fingerprint density at radius 3 is 1.88 bits per heavy atom. The fraction of sp³-hybridized carbons (Fsp3) is 0. The summed E-state index contributed by atoms with van der Waals surface area (Å²) in [5, 5.41) is 5.73. The lowest BCUT2D eigenvalue weighted by molar-refractivity contribution is 0.669. The van der Waals surface area contributed by atoms with Gasteiger partial charge >= 0.3 is 0 Å². The Bertz CT molecular complexity index is 3690. The molecule has 8 aromatic carbocycles. The topological polar surface area (TPSA) is 61.7 Å². The van der Waals surface area contributed by atoms with Crippen LogP contribution in [0.5, 0.6) is 0 Å². The molecule has 0 fully saturated rings. The van der Waals surface area contributed by atoms with E-state index in [-0.39, 0.29) is 0 Å². The van der Waals surface area contributed by atoms with Gasteiger partial charge in [0.2, 0.25) is 0 Å². The zero-order valence-corrected chi connectivity index (χ0v) is 32.8. The van der Waals surface area contributed by atoms with Crippen molar-refractivity contribution in [3.63, 3.8) is 0 Å². The van der Waals surface area contributed by atoms with Gasteiger partial charge in [0.15, 0.2) is 17.5 Å². The maximum Gasteiger partial charge on any atom is 0.167 e. The molecule has 0 bridgehead atoms. The highest BCUT2D eigenvalue weighted by atomic mass is 32.2. The van der Waals surface area contributed by atoms with Gasteiger partial charge in [-0.2, -0.15) is 0 Å². The molecular weight excluding hydrogens is 755 g/mol. The van der Waals surface area contributed by atoms with E-state index >= 15 is 0 Å². The van der Waals surface area contributed by atoms with Crippen LogP contribution in [0.25, 0.3) is 111 Å². The molecule has 0 saturated heterocycles. The van der Waals surface area contributed by atoms with Crippen molar-refractivity contribution in [1.82, 2.24) is 24.1 Å². The second kappa shape index (κ2) is 12.9. The molecule has 0 atom stereocenters. The smallest absolute Gasteiger partial charge is 0.167 e. The second-order valence-corrected chi connectivity index (χ2v) is 16.2. The van der Waals surface area contributed by atoms with Crippen molar-refractivity contribution in [2.45, 2.75) is 9.79 Å². The highest BCUT2D eigenvalue weighted by molar-refractivity contribution is 7.99. The lowest BCUT2D eigenvalue weighted by Gasteiger charge is -2.21. The molecule has 0 unspecified atom stereocenters. The maximum absolute atomic E-state index is 6.56. The number of benzene rings is 8. The molecule has 0 saturated carbocycles. The summed E-state index contributed by atoms with van der Waals surface area (Å²) in [6.45, 7) is 0. The van der Waals surface area contributed by atoms with E-state index in [9.17, 15) is 0 Å². The molecular formula is C53H31N5OS. The lowest BCUT2D eigenvalue weighted by atomic mass is 10.0. The highest BCUT2D eigenvalue weighted by Crippen LogP contribution is 2.50. The number of rotatable bonds is 5. The van der Waals surface area contributed by atoms with Crippen LogP contribution in [-0.4, -0.2) is 24.1 Å². The van der Waals surface area contributed by atoms with E-state index in [1.165, 1.54) is 37.2 Å². The fourth-order valence-electron chi connectivity index (χ4n) is 9.14. The molecule has 0 spiro atoms. The van der Waals surface area contributed by atoms with E-state index in [2.05, 4.69) is 167 Å². The molecule has 0 aliphatic carbocycles. The molecule has 13 rings (SSSR count). The standard InChI is InChI=1S/C53H31N5OS/c1-2-14-32(15-3-1)33-28-30-34(31-29-33)50-54-51(56-52(55-50)40-21-12-19-36-35-16-6-10-25-44(35)59-49(36)40)38-18-5-8-23-42(38)57-41-22-7-4-17-37(41)47-39-20-13-27-46-48(39)58(53(47)57)43-24-9-11-26-45(43)60-46/h1-31H. The first-order valence-corrected chi connectivity index (χ1v) is 20.8. The van der Waals surface area contributed by atoms with Crippen molar-refractivity contribution in [1.29, 1.82) is 0 Å². The average molecular weight is 786 g/mol. The van der Waals surface area contributed by atoms with Gasteiger partial charge in [-0.1, -0.05) is 151 Å². The van der Waals surface area contributed by atoms with Gasteiger partial charge in [-0.05, 0) is 59.7 Å². The monoisotopic (exact) mass is 785 g/mol. The largest absolute Gasteiger partial charge is 0.455 e. The Hall–Kier alpha value is -7.74. The Labute approximate surface area is 348 Å². The van der Waals surface area contributed by atoms with E-state index in [1.807, 2.05) is 42.1 Å². The molecule has 12 aromatic rings. The lowest BCUT2D eigenvalue weighted by Crippen LogP contribution is -2.07.